The summed E-state index contributed by atoms with van der Waals surface area (Å²) in [4.78, 5) is 16.0. The van der Waals surface area contributed by atoms with Crippen molar-refractivity contribution in [3.63, 3.8) is 0 Å². The number of piperazine rings is 1. The van der Waals surface area contributed by atoms with Crippen molar-refractivity contribution in [2.24, 2.45) is 5.73 Å². The predicted octanol–water partition coefficient (Wildman–Crippen LogP) is 2.50. The summed E-state index contributed by atoms with van der Waals surface area (Å²) < 4.78 is 4.25. The van der Waals surface area contributed by atoms with Crippen molar-refractivity contribution >= 4 is 11.6 Å². The molecule has 0 radical (unpaired) electrons. The van der Waals surface area contributed by atoms with Gasteiger partial charge in [0.1, 0.15) is 0 Å². The molecule has 1 amide bonds. The minimum atomic E-state index is -0.229. The number of primary amides is 1. The molecule has 0 saturated carbocycles. The van der Waals surface area contributed by atoms with Gasteiger partial charge in [-0.15, -0.1) is 0 Å². The van der Waals surface area contributed by atoms with E-state index in [-0.39, 0.29) is 5.91 Å². The van der Waals surface area contributed by atoms with Crippen molar-refractivity contribution in [2.75, 3.05) is 51.8 Å². The maximum atomic E-state index is 11.1. The van der Waals surface area contributed by atoms with Crippen LogP contribution in [0.4, 0.5) is 5.69 Å². The van der Waals surface area contributed by atoms with Crippen LogP contribution in [0.2, 0.25) is 0 Å². The molecular weight excluding hydrogens is 376 g/mol. The van der Waals surface area contributed by atoms with E-state index in [1.807, 2.05) is 6.07 Å². The van der Waals surface area contributed by atoms with Crippen LogP contribution in [0.15, 0.2) is 60.7 Å². The summed E-state index contributed by atoms with van der Waals surface area (Å²) in [5.74, 6) is -0.229. The fraction of sp³-hybridized carbons (Fsp3) is 0.458. The molecule has 1 heterocycles. The smallest absolute Gasteiger partial charge is 0.217 e. The summed E-state index contributed by atoms with van der Waals surface area (Å²) in [7, 11) is 3.25. The molecule has 1 atom stereocenters. The predicted molar refractivity (Wildman–Crippen MR) is 124 cm³/mol. The van der Waals surface area contributed by atoms with Gasteiger partial charge in [-0.25, -0.2) is 0 Å². The number of carbonyl (C=O) groups is 1. The molecule has 2 aromatic carbocycles. The first kappa shape index (κ1) is 23.9. The van der Waals surface area contributed by atoms with E-state index in [2.05, 4.69) is 74.5 Å². The third kappa shape index (κ3) is 8.95. The number of carbonyl (C=O) groups excluding carboxylic acids is 1. The molecule has 3 rings (SSSR count). The second-order valence-corrected chi connectivity index (χ2v) is 7.63. The molecule has 6 nitrogen and oxygen atoms in total. The molecule has 0 bridgehead atoms. The van der Waals surface area contributed by atoms with Gasteiger partial charge in [0, 0.05) is 71.6 Å². The van der Waals surface area contributed by atoms with Crippen molar-refractivity contribution in [3.8, 4) is 0 Å². The minimum absolute atomic E-state index is 0.229. The zero-order chi connectivity index (χ0) is 21.6. The Morgan fingerprint density at radius 3 is 2.40 bits per heavy atom. The Labute approximate surface area is 181 Å². The Morgan fingerprint density at radius 2 is 1.77 bits per heavy atom. The number of benzene rings is 2. The number of para-hydroxylation sites is 1. The number of hydrogen-bond acceptors (Lipinski definition) is 5. The van der Waals surface area contributed by atoms with Crippen LogP contribution in [-0.4, -0.2) is 63.8 Å². The van der Waals surface area contributed by atoms with Gasteiger partial charge >= 0.3 is 0 Å². The van der Waals surface area contributed by atoms with E-state index >= 15 is 0 Å². The van der Waals surface area contributed by atoms with Crippen LogP contribution in [0.3, 0.4) is 0 Å². The molecule has 6 heteroatoms. The number of anilines is 1. The molecule has 2 aromatic rings. The number of nitrogens with two attached hydrogens (primary N) is 1. The van der Waals surface area contributed by atoms with E-state index in [1.165, 1.54) is 11.3 Å². The highest BCUT2D eigenvalue weighted by molar-refractivity contribution is 5.73. The first-order valence-electron chi connectivity index (χ1n) is 10.6. The number of amides is 1. The van der Waals surface area contributed by atoms with Gasteiger partial charge < -0.3 is 20.7 Å². The normalized spacial score (nSPS) is 16.4. The van der Waals surface area contributed by atoms with Crippen LogP contribution >= 0.6 is 0 Å². The lowest BCUT2D eigenvalue weighted by atomic mass is 10.1. The lowest BCUT2D eigenvalue weighted by Crippen LogP contribution is -2.54. The van der Waals surface area contributed by atoms with E-state index in [1.54, 1.807) is 14.2 Å². The molecule has 1 aliphatic rings. The highest BCUT2D eigenvalue weighted by atomic mass is 16.4. The van der Waals surface area contributed by atoms with Crippen LogP contribution in [0.25, 0.3) is 0 Å². The fourth-order valence-electron chi connectivity index (χ4n) is 3.68. The van der Waals surface area contributed by atoms with Crippen molar-refractivity contribution in [3.05, 3.63) is 66.2 Å². The largest absolute Gasteiger partial charge is 0.388 e. The maximum absolute atomic E-state index is 11.1. The number of hydrogen-bond donors (Lipinski definition) is 2. The van der Waals surface area contributed by atoms with Crippen LogP contribution in [0.5, 0.6) is 0 Å². The monoisotopic (exact) mass is 412 g/mol. The second kappa shape index (κ2) is 13.7. The topological polar surface area (TPSA) is 70.8 Å². The Balaban J connectivity index is 0.00000101. The standard InChI is InChI=1S/C22H30N4O.C2H6O/c23-22(27)12-7-14-26(21-10-5-2-6-11-21)18-20-17-25(15-13-24-20)16-19-8-3-1-4-9-19;1-3-2/h1-6,8-11,20,24H,7,12-18H2,(H2,23,27);1-2H3. The summed E-state index contributed by atoms with van der Waals surface area (Å²) in [6.07, 6.45) is 1.21. The summed E-state index contributed by atoms with van der Waals surface area (Å²) in [6.45, 7) is 5.85. The Bertz CT molecular complexity index is 712. The lowest BCUT2D eigenvalue weighted by Gasteiger charge is -2.37. The Kier molecular flexibility index (Phi) is 10.9. The second-order valence-electron chi connectivity index (χ2n) is 7.63. The molecule has 1 fully saturated rings. The molecule has 1 saturated heterocycles. The van der Waals surface area contributed by atoms with E-state index in [0.29, 0.717) is 12.5 Å². The molecule has 164 valence electrons. The van der Waals surface area contributed by atoms with Crippen molar-refractivity contribution < 1.29 is 9.53 Å². The molecule has 1 aliphatic heterocycles. The molecule has 3 N–H and O–H groups in total. The quantitative estimate of drug-likeness (QED) is 0.662. The first-order valence-corrected chi connectivity index (χ1v) is 10.6. The molecule has 0 spiro atoms. The summed E-state index contributed by atoms with van der Waals surface area (Å²) in [5, 5.41) is 3.66. The van der Waals surface area contributed by atoms with Gasteiger partial charge in [-0.1, -0.05) is 48.5 Å². The third-order valence-corrected chi connectivity index (χ3v) is 5.00. The van der Waals surface area contributed by atoms with Crippen molar-refractivity contribution in [1.29, 1.82) is 0 Å². The average Bonchev–Trinajstić information content (AvgIpc) is 2.75. The van der Waals surface area contributed by atoms with Crippen molar-refractivity contribution in [2.45, 2.75) is 25.4 Å². The maximum Gasteiger partial charge on any atom is 0.217 e. The van der Waals surface area contributed by atoms with Crippen LogP contribution < -0.4 is 16.0 Å². The van der Waals surface area contributed by atoms with Gasteiger partial charge in [0.25, 0.3) is 0 Å². The first-order chi connectivity index (χ1) is 14.6. The molecule has 1 unspecified atom stereocenters. The van der Waals surface area contributed by atoms with Crippen LogP contribution in [0.1, 0.15) is 18.4 Å². The van der Waals surface area contributed by atoms with E-state index in [0.717, 1.165) is 45.7 Å². The Morgan fingerprint density at radius 1 is 1.13 bits per heavy atom. The van der Waals surface area contributed by atoms with Gasteiger partial charge in [0.15, 0.2) is 0 Å². The lowest BCUT2D eigenvalue weighted by molar-refractivity contribution is -0.118. The number of nitrogens with one attached hydrogen (secondary N) is 1. The van der Waals surface area contributed by atoms with Gasteiger partial charge in [-0.3, -0.25) is 9.69 Å². The highest BCUT2D eigenvalue weighted by Gasteiger charge is 2.22. The highest BCUT2D eigenvalue weighted by Crippen LogP contribution is 2.16. The number of nitrogens with zero attached hydrogens (tertiary/aromatic N) is 2. The number of methoxy groups -OCH3 is 1. The number of rotatable bonds is 9. The average molecular weight is 413 g/mol. The fourth-order valence-corrected chi connectivity index (χ4v) is 3.68. The van der Waals surface area contributed by atoms with E-state index in [9.17, 15) is 4.79 Å². The summed E-state index contributed by atoms with van der Waals surface area (Å²) in [5.41, 5.74) is 7.88. The molecular formula is C24H36N4O2. The molecule has 0 aromatic heterocycles. The van der Waals surface area contributed by atoms with E-state index in [4.69, 9.17) is 5.73 Å². The zero-order valence-electron chi connectivity index (χ0n) is 18.3. The molecule has 30 heavy (non-hydrogen) atoms. The van der Waals surface area contributed by atoms with Crippen LogP contribution in [0, 0.1) is 0 Å². The number of ether oxygens (including phenoxy) is 1. The minimum Gasteiger partial charge on any atom is -0.388 e. The zero-order valence-corrected chi connectivity index (χ0v) is 18.3. The SMILES string of the molecule is COC.NC(=O)CCCN(CC1CN(Cc2ccccc2)CCN1)c1ccccc1. The third-order valence-electron chi connectivity index (χ3n) is 5.00. The Hall–Kier alpha value is -2.41. The van der Waals surface area contributed by atoms with E-state index < -0.39 is 0 Å². The van der Waals surface area contributed by atoms with Crippen LogP contribution in [-0.2, 0) is 16.1 Å². The van der Waals surface area contributed by atoms with Gasteiger partial charge in [0.05, 0.1) is 0 Å². The van der Waals surface area contributed by atoms with Gasteiger partial charge in [-0.2, -0.15) is 0 Å². The molecule has 0 aliphatic carbocycles. The van der Waals surface area contributed by atoms with Gasteiger partial charge in [-0.05, 0) is 24.1 Å². The summed E-state index contributed by atoms with van der Waals surface area (Å²) in [6, 6.07) is 21.5. The van der Waals surface area contributed by atoms with Gasteiger partial charge in [0.2, 0.25) is 5.91 Å². The summed E-state index contributed by atoms with van der Waals surface area (Å²) >= 11 is 0. The van der Waals surface area contributed by atoms with Crippen molar-refractivity contribution in [1.82, 2.24) is 10.2 Å².